The molecule has 2 unspecified atom stereocenters. The lowest BCUT2D eigenvalue weighted by molar-refractivity contribution is 0.394. The van der Waals surface area contributed by atoms with Crippen molar-refractivity contribution >= 4 is 16.3 Å². The zero-order valence-electron chi connectivity index (χ0n) is 7.89. The smallest absolute Gasteiger partial charge is 0.0938 e. The Kier molecular flexibility index (Phi) is 2.71. The molecule has 2 rings (SSSR count). The average molecular weight is 207 g/mol. The number of nitrogens with zero attached hydrogens (tertiary/aromatic N) is 2. The molecule has 2 atom stereocenters. The van der Waals surface area contributed by atoms with Crippen LogP contribution in [0.25, 0.3) is 0 Å². The van der Waals surface area contributed by atoms with Gasteiger partial charge in [0.2, 0.25) is 0 Å². The van der Waals surface area contributed by atoms with Crippen LogP contribution in [-0.2, 0) is 0 Å². The molecular weight excluding hydrogens is 194 g/mol. The van der Waals surface area contributed by atoms with Crippen molar-refractivity contribution in [3.63, 3.8) is 0 Å². The van der Waals surface area contributed by atoms with Crippen LogP contribution in [0.3, 0.4) is 0 Å². The Morgan fingerprint density at radius 3 is 3.14 bits per heavy atom. The summed E-state index contributed by atoms with van der Waals surface area (Å²) >= 11 is 1.68. The van der Waals surface area contributed by atoms with Gasteiger partial charge in [0.15, 0.2) is 0 Å². The number of rotatable bonds is 1. The molecule has 1 aromatic rings. The van der Waals surface area contributed by atoms with E-state index in [1.807, 2.05) is 11.4 Å². The van der Waals surface area contributed by atoms with Gasteiger partial charge in [0, 0.05) is 6.54 Å². The molecule has 0 saturated carbocycles. The van der Waals surface area contributed by atoms with Gasteiger partial charge in [0.05, 0.1) is 23.2 Å². The first-order valence-electron chi connectivity index (χ1n) is 4.78. The van der Waals surface area contributed by atoms with Gasteiger partial charge in [-0.25, -0.2) is 0 Å². The predicted octanol–water partition coefficient (Wildman–Crippen LogP) is 1.77. The Labute approximate surface area is 87.7 Å². The monoisotopic (exact) mass is 207 g/mol. The van der Waals surface area contributed by atoms with Crippen LogP contribution in [0.5, 0.6) is 0 Å². The second-order valence-electron chi connectivity index (χ2n) is 3.51. The van der Waals surface area contributed by atoms with Gasteiger partial charge in [-0.05, 0) is 30.4 Å². The number of anilines is 1. The van der Waals surface area contributed by atoms with Gasteiger partial charge in [-0.2, -0.15) is 5.26 Å². The molecule has 74 valence electrons. The van der Waals surface area contributed by atoms with Gasteiger partial charge in [-0.15, -0.1) is 11.3 Å². The van der Waals surface area contributed by atoms with Gasteiger partial charge < -0.3 is 10.6 Å². The van der Waals surface area contributed by atoms with E-state index in [-0.39, 0.29) is 12.1 Å². The second-order valence-corrected chi connectivity index (χ2v) is 4.44. The fourth-order valence-corrected chi connectivity index (χ4v) is 2.65. The lowest BCUT2D eigenvalue weighted by Crippen LogP contribution is -2.50. The van der Waals surface area contributed by atoms with E-state index in [2.05, 4.69) is 17.0 Å². The highest BCUT2D eigenvalue weighted by Gasteiger charge is 2.28. The number of nitrogens with two attached hydrogens (primary N) is 1. The van der Waals surface area contributed by atoms with Crippen molar-refractivity contribution in [2.75, 3.05) is 11.4 Å². The minimum atomic E-state index is -0.132. The third kappa shape index (κ3) is 1.61. The van der Waals surface area contributed by atoms with Crippen LogP contribution in [0, 0.1) is 17.2 Å². The molecule has 0 aromatic carbocycles. The number of hydrogen-bond acceptors (Lipinski definition) is 4. The van der Waals surface area contributed by atoms with Crippen LogP contribution in [0.2, 0.25) is 0 Å². The van der Waals surface area contributed by atoms with Gasteiger partial charge in [0.1, 0.15) is 0 Å². The first-order chi connectivity index (χ1) is 6.83. The Balaban J connectivity index is 2.17. The van der Waals surface area contributed by atoms with Crippen LogP contribution in [0.4, 0.5) is 5.00 Å². The highest BCUT2D eigenvalue weighted by Crippen LogP contribution is 2.29. The maximum absolute atomic E-state index is 8.92. The Morgan fingerprint density at radius 2 is 2.50 bits per heavy atom. The third-order valence-corrected chi connectivity index (χ3v) is 3.55. The summed E-state index contributed by atoms with van der Waals surface area (Å²) in [6.07, 6.45) is 1.86. The average Bonchev–Trinajstić information content (AvgIpc) is 2.71. The van der Waals surface area contributed by atoms with Crippen LogP contribution < -0.4 is 10.6 Å². The summed E-state index contributed by atoms with van der Waals surface area (Å²) in [5, 5.41) is 12.1. The number of thiophene rings is 1. The van der Waals surface area contributed by atoms with Crippen molar-refractivity contribution in [1.82, 2.24) is 0 Å². The van der Waals surface area contributed by atoms with Crippen molar-refractivity contribution in [3.05, 3.63) is 17.5 Å². The van der Waals surface area contributed by atoms with Crippen LogP contribution in [-0.4, -0.2) is 12.7 Å². The van der Waals surface area contributed by atoms with E-state index in [0.717, 1.165) is 19.4 Å². The molecule has 4 heteroatoms. The molecule has 14 heavy (non-hydrogen) atoms. The van der Waals surface area contributed by atoms with E-state index < -0.39 is 0 Å². The van der Waals surface area contributed by atoms with Gasteiger partial charge >= 0.3 is 0 Å². The summed E-state index contributed by atoms with van der Waals surface area (Å²) in [4.78, 5) is 2.14. The molecule has 0 amide bonds. The van der Waals surface area contributed by atoms with Crippen LogP contribution in [0.15, 0.2) is 17.5 Å². The molecule has 0 bridgehead atoms. The second kappa shape index (κ2) is 3.99. The summed E-state index contributed by atoms with van der Waals surface area (Å²) in [5.74, 6) is -0.0224. The normalized spacial score (nSPS) is 27.3. The largest absolute Gasteiger partial charge is 0.347 e. The lowest BCUT2D eigenvalue weighted by Gasteiger charge is -2.36. The van der Waals surface area contributed by atoms with E-state index in [0.29, 0.717) is 0 Å². The maximum Gasteiger partial charge on any atom is 0.0938 e. The molecule has 0 spiro atoms. The Hall–Kier alpha value is -1.05. The first kappa shape index (κ1) is 9.50. The molecule has 1 aliphatic heterocycles. The molecule has 3 nitrogen and oxygen atoms in total. The molecule has 1 fully saturated rings. The number of hydrogen-bond donors (Lipinski definition) is 1. The van der Waals surface area contributed by atoms with Crippen molar-refractivity contribution in [1.29, 1.82) is 5.26 Å². The number of nitriles is 1. The zero-order chi connectivity index (χ0) is 9.97. The lowest BCUT2D eigenvalue weighted by atomic mass is 9.96. The third-order valence-electron chi connectivity index (χ3n) is 2.64. The van der Waals surface area contributed by atoms with E-state index in [4.69, 9.17) is 11.0 Å². The summed E-state index contributed by atoms with van der Waals surface area (Å²) in [6.45, 7) is 0.972. The van der Waals surface area contributed by atoms with Crippen molar-refractivity contribution < 1.29 is 0 Å². The van der Waals surface area contributed by atoms with Crippen LogP contribution >= 0.6 is 11.3 Å². The number of piperidine rings is 1. The van der Waals surface area contributed by atoms with E-state index in [1.54, 1.807) is 11.3 Å². The van der Waals surface area contributed by atoms with Gasteiger partial charge in [-0.3, -0.25) is 0 Å². The van der Waals surface area contributed by atoms with Crippen molar-refractivity contribution in [2.24, 2.45) is 11.7 Å². The predicted molar refractivity (Wildman–Crippen MR) is 58.0 cm³/mol. The minimum Gasteiger partial charge on any atom is -0.347 e. The highest BCUT2D eigenvalue weighted by atomic mass is 32.1. The van der Waals surface area contributed by atoms with E-state index >= 15 is 0 Å². The van der Waals surface area contributed by atoms with Gasteiger partial charge in [0.25, 0.3) is 0 Å². The first-order valence-corrected chi connectivity index (χ1v) is 5.66. The fourth-order valence-electron chi connectivity index (χ4n) is 1.85. The Bertz CT molecular complexity index is 328. The SMILES string of the molecule is N#CC1CCCN(c2cccs2)C1N. The molecule has 1 saturated heterocycles. The molecule has 1 aromatic heterocycles. The molecule has 2 N–H and O–H groups in total. The Morgan fingerprint density at radius 1 is 1.64 bits per heavy atom. The molecule has 0 aliphatic carbocycles. The van der Waals surface area contributed by atoms with E-state index in [9.17, 15) is 0 Å². The molecule has 0 radical (unpaired) electrons. The topological polar surface area (TPSA) is 53.0 Å². The summed E-state index contributed by atoms with van der Waals surface area (Å²) < 4.78 is 0. The zero-order valence-corrected chi connectivity index (χ0v) is 8.70. The van der Waals surface area contributed by atoms with Crippen LogP contribution in [0.1, 0.15) is 12.8 Å². The van der Waals surface area contributed by atoms with Crippen molar-refractivity contribution in [3.8, 4) is 6.07 Å². The quantitative estimate of drug-likeness (QED) is 0.763. The minimum absolute atomic E-state index is 0.0224. The standard InChI is InChI=1S/C10H13N3S/c11-7-8-3-1-5-13(10(8)12)9-4-2-6-14-9/h2,4,6,8,10H,1,3,5,12H2. The fraction of sp³-hybridized carbons (Fsp3) is 0.500. The van der Waals surface area contributed by atoms with E-state index in [1.165, 1.54) is 5.00 Å². The molecule has 2 heterocycles. The maximum atomic E-state index is 8.92. The highest BCUT2D eigenvalue weighted by molar-refractivity contribution is 7.14. The molecule has 1 aliphatic rings. The summed E-state index contributed by atoms with van der Waals surface area (Å²) in [7, 11) is 0. The molecular formula is C10H13N3S. The summed E-state index contributed by atoms with van der Waals surface area (Å²) in [5.41, 5.74) is 6.04. The van der Waals surface area contributed by atoms with Gasteiger partial charge in [-0.1, -0.05) is 0 Å². The summed E-state index contributed by atoms with van der Waals surface area (Å²) in [6, 6.07) is 6.36. The van der Waals surface area contributed by atoms with Crippen molar-refractivity contribution in [2.45, 2.75) is 19.0 Å².